The highest BCUT2D eigenvalue weighted by Crippen LogP contribution is 2.44. The molecule has 0 saturated carbocycles. The van der Waals surface area contributed by atoms with Gasteiger partial charge in [0.1, 0.15) is 0 Å². The Morgan fingerprint density at radius 2 is 2.30 bits per heavy atom. The number of amides is 1. The minimum atomic E-state index is -0.0519. The highest BCUT2D eigenvalue weighted by Gasteiger charge is 2.42. The van der Waals surface area contributed by atoms with Crippen molar-refractivity contribution in [1.82, 2.24) is 19.9 Å². The number of anilines is 1. The number of benzene rings is 1. The molecule has 1 aliphatic carbocycles. The van der Waals surface area contributed by atoms with Crippen molar-refractivity contribution in [2.24, 2.45) is 5.92 Å². The number of hydrogen-bond donors (Lipinski definition) is 2. The van der Waals surface area contributed by atoms with Gasteiger partial charge in [0.05, 0.1) is 12.1 Å². The van der Waals surface area contributed by atoms with Gasteiger partial charge in [0, 0.05) is 48.0 Å². The predicted octanol–water partition coefficient (Wildman–Crippen LogP) is 2.95. The molecule has 1 amide bonds. The standard InChI is InChI=1S/C21H23N5O/c1-2-26-12-14(21(27)25-19-11-22-6-7-23-19)8-16-15-4-3-5-17-20(15)13(10-24-17)9-18(16)26/h3-7,10-11,14,16,18,24H,2,8-9,12H2,1H3,(H,23,25,27)/t14?,16-,18-/m1/s1. The molecule has 6 heteroatoms. The van der Waals surface area contributed by atoms with Crippen LogP contribution < -0.4 is 5.32 Å². The third kappa shape index (κ3) is 2.72. The summed E-state index contributed by atoms with van der Waals surface area (Å²) in [5, 5.41) is 4.31. The minimum absolute atomic E-state index is 0.0411. The Hall–Kier alpha value is -2.73. The molecule has 3 aromatic rings. The lowest BCUT2D eigenvalue weighted by Crippen LogP contribution is -2.52. The summed E-state index contributed by atoms with van der Waals surface area (Å²) in [7, 11) is 0. The fourth-order valence-electron chi connectivity index (χ4n) is 4.94. The van der Waals surface area contributed by atoms with E-state index in [0.29, 0.717) is 17.8 Å². The molecular formula is C21H23N5O. The van der Waals surface area contributed by atoms with Crippen molar-refractivity contribution >= 4 is 22.6 Å². The first-order valence-electron chi connectivity index (χ1n) is 9.64. The van der Waals surface area contributed by atoms with E-state index in [1.165, 1.54) is 22.0 Å². The zero-order chi connectivity index (χ0) is 18.4. The van der Waals surface area contributed by atoms with Crippen molar-refractivity contribution < 1.29 is 4.79 Å². The summed E-state index contributed by atoms with van der Waals surface area (Å²) < 4.78 is 0. The molecule has 2 aliphatic rings. The first-order valence-corrected chi connectivity index (χ1v) is 9.64. The van der Waals surface area contributed by atoms with Gasteiger partial charge < -0.3 is 10.3 Å². The van der Waals surface area contributed by atoms with Crippen LogP contribution in [0.15, 0.2) is 43.0 Å². The Morgan fingerprint density at radius 1 is 1.37 bits per heavy atom. The number of fused-ring (bicyclic) bond motifs is 2. The lowest BCUT2D eigenvalue weighted by atomic mass is 9.72. The molecule has 3 atom stereocenters. The molecule has 1 fully saturated rings. The van der Waals surface area contributed by atoms with Crippen molar-refractivity contribution in [3.63, 3.8) is 0 Å². The molecule has 1 aliphatic heterocycles. The van der Waals surface area contributed by atoms with Gasteiger partial charge in [0.15, 0.2) is 5.82 Å². The number of carbonyl (C=O) groups is 1. The maximum Gasteiger partial charge on any atom is 0.229 e. The number of H-pyrrole nitrogens is 1. The Kier molecular flexibility index (Phi) is 3.93. The van der Waals surface area contributed by atoms with Gasteiger partial charge in [-0.25, -0.2) is 4.98 Å². The molecule has 0 radical (unpaired) electrons. The monoisotopic (exact) mass is 361 g/mol. The molecule has 1 aromatic carbocycles. The van der Waals surface area contributed by atoms with E-state index in [9.17, 15) is 4.79 Å². The van der Waals surface area contributed by atoms with E-state index in [2.05, 4.69) is 56.5 Å². The van der Waals surface area contributed by atoms with Crippen LogP contribution in [0.2, 0.25) is 0 Å². The topological polar surface area (TPSA) is 73.9 Å². The van der Waals surface area contributed by atoms with E-state index >= 15 is 0 Å². The number of rotatable bonds is 3. The van der Waals surface area contributed by atoms with Crippen molar-refractivity contribution in [3.05, 3.63) is 54.1 Å². The van der Waals surface area contributed by atoms with Crippen molar-refractivity contribution in [3.8, 4) is 0 Å². The van der Waals surface area contributed by atoms with E-state index < -0.39 is 0 Å². The average molecular weight is 361 g/mol. The molecule has 5 rings (SSSR count). The fraction of sp³-hybridized carbons (Fsp3) is 0.381. The van der Waals surface area contributed by atoms with Gasteiger partial charge in [-0.15, -0.1) is 0 Å². The molecule has 2 N–H and O–H groups in total. The maximum atomic E-state index is 12.9. The summed E-state index contributed by atoms with van der Waals surface area (Å²) >= 11 is 0. The van der Waals surface area contributed by atoms with Gasteiger partial charge in [-0.1, -0.05) is 19.1 Å². The molecule has 0 spiro atoms. The largest absolute Gasteiger partial charge is 0.361 e. The van der Waals surface area contributed by atoms with E-state index in [1.54, 1.807) is 18.6 Å². The number of likely N-dealkylation sites (tertiary alicyclic amines) is 1. The zero-order valence-corrected chi connectivity index (χ0v) is 15.4. The van der Waals surface area contributed by atoms with Crippen LogP contribution in [-0.2, 0) is 11.2 Å². The normalized spacial score (nSPS) is 24.6. The molecule has 6 nitrogen and oxygen atoms in total. The number of aromatic nitrogens is 3. The molecule has 3 heterocycles. The molecule has 1 unspecified atom stereocenters. The second-order valence-electron chi connectivity index (χ2n) is 7.56. The summed E-state index contributed by atoms with van der Waals surface area (Å²) in [6, 6.07) is 6.97. The second-order valence-corrected chi connectivity index (χ2v) is 7.56. The maximum absolute atomic E-state index is 12.9. The van der Waals surface area contributed by atoms with Gasteiger partial charge in [0.25, 0.3) is 0 Å². The van der Waals surface area contributed by atoms with E-state index in [0.717, 1.165) is 25.9 Å². The van der Waals surface area contributed by atoms with Crippen LogP contribution in [-0.4, -0.2) is 44.9 Å². The summed E-state index contributed by atoms with van der Waals surface area (Å²) in [6.45, 7) is 3.93. The van der Waals surface area contributed by atoms with Gasteiger partial charge in [-0.3, -0.25) is 14.7 Å². The van der Waals surface area contributed by atoms with Crippen LogP contribution in [0.3, 0.4) is 0 Å². The van der Waals surface area contributed by atoms with E-state index in [1.807, 2.05) is 0 Å². The van der Waals surface area contributed by atoms with Gasteiger partial charge in [0.2, 0.25) is 5.91 Å². The van der Waals surface area contributed by atoms with Crippen LogP contribution in [0.4, 0.5) is 5.82 Å². The number of nitrogens with one attached hydrogen (secondary N) is 2. The molecule has 2 aromatic heterocycles. The van der Waals surface area contributed by atoms with Crippen molar-refractivity contribution in [2.45, 2.75) is 31.7 Å². The highest BCUT2D eigenvalue weighted by molar-refractivity contribution is 5.92. The first-order chi connectivity index (χ1) is 13.2. The second kappa shape index (κ2) is 6.46. The van der Waals surface area contributed by atoms with Crippen LogP contribution in [0.25, 0.3) is 10.9 Å². The van der Waals surface area contributed by atoms with Crippen molar-refractivity contribution in [1.29, 1.82) is 0 Å². The summed E-state index contributed by atoms with van der Waals surface area (Å²) in [5.41, 5.74) is 3.99. The van der Waals surface area contributed by atoms with Gasteiger partial charge >= 0.3 is 0 Å². The summed E-state index contributed by atoms with van der Waals surface area (Å²) in [4.78, 5) is 27.0. The smallest absolute Gasteiger partial charge is 0.229 e. The molecule has 1 saturated heterocycles. The molecule has 27 heavy (non-hydrogen) atoms. The van der Waals surface area contributed by atoms with Gasteiger partial charge in [-0.2, -0.15) is 0 Å². The number of hydrogen-bond acceptors (Lipinski definition) is 4. The quantitative estimate of drug-likeness (QED) is 0.752. The van der Waals surface area contributed by atoms with Crippen molar-refractivity contribution in [2.75, 3.05) is 18.4 Å². The summed E-state index contributed by atoms with van der Waals surface area (Å²) in [5.74, 6) is 0.887. The third-order valence-corrected chi connectivity index (χ3v) is 6.17. The molecule has 0 bridgehead atoms. The fourth-order valence-corrected chi connectivity index (χ4v) is 4.94. The Labute approximate surface area is 158 Å². The third-order valence-electron chi connectivity index (χ3n) is 6.17. The van der Waals surface area contributed by atoms with E-state index in [-0.39, 0.29) is 11.8 Å². The van der Waals surface area contributed by atoms with Gasteiger partial charge in [-0.05, 0) is 36.6 Å². The van der Waals surface area contributed by atoms with E-state index in [4.69, 9.17) is 0 Å². The van der Waals surface area contributed by atoms with Crippen LogP contribution in [0.1, 0.15) is 30.4 Å². The average Bonchev–Trinajstić information content (AvgIpc) is 3.12. The molecule has 138 valence electrons. The molecular weight excluding hydrogens is 338 g/mol. The SMILES string of the molecule is CCN1CC(C(=O)Nc2cnccn2)C[C@@H]2c3cccc4[nH]cc(c34)C[C@H]21. The Morgan fingerprint density at radius 3 is 3.11 bits per heavy atom. The lowest BCUT2D eigenvalue weighted by Gasteiger charge is -2.46. The number of carbonyl (C=O) groups excluding carboxylic acids is 1. The lowest BCUT2D eigenvalue weighted by molar-refractivity contribution is -0.122. The number of likely N-dealkylation sites (N-methyl/N-ethyl adjacent to an activating group) is 1. The van der Waals surface area contributed by atoms with Crippen LogP contribution >= 0.6 is 0 Å². The Bertz CT molecular complexity index is 983. The summed E-state index contributed by atoms with van der Waals surface area (Å²) in [6.07, 6.45) is 8.88. The Balaban J connectivity index is 1.46. The number of nitrogens with zero attached hydrogens (tertiary/aromatic N) is 3. The predicted molar refractivity (Wildman–Crippen MR) is 105 cm³/mol. The minimum Gasteiger partial charge on any atom is -0.361 e. The first kappa shape index (κ1) is 16.4. The number of piperidine rings is 1. The zero-order valence-electron chi connectivity index (χ0n) is 15.4. The highest BCUT2D eigenvalue weighted by atomic mass is 16.2. The van der Waals surface area contributed by atoms with Crippen LogP contribution in [0.5, 0.6) is 0 Å². The number of aromatic amines is 1. The van der Waals surface area contributed by atoms with Crippen LogP contribution in [0, 0.1) is 5.92 Å².